The van der Waals surface area contributed by atoms with Crippen molar-refractivity contribution in [1.29, 1.82) is 0 Å². The van der Waals surface area contributed by atoms with Gasteiger partial charge in [0.2, 0.25) is 11.3 Å². The van der Waals surface area contributed by atoms with Crippen molar-refractivity contribution in [2.45, 2.75) is 0 Å². The number of fused-ring (bicyclic) bond motifs is 1. The van der Waals surface area contributed by atoms with Gasteiger partial charge in [0.25, 0.3) is 5.69 Å². The number of rotatable bonds is 7. The van der Waals surface area contributed by atoms with E-state index in [1.807, 2.05) is 29.2 Å². The van der Waals surface area contributed by atoms with Gasteiger partial charge in [-0.1, -0.05) is 6.07 Å². The van der Waals surface area contributed by atoms with Crippen molar-refractivity contribution in [2.24, 2.45) is 5.10 Å². The van der Waals surface area contributed by atoms with E-state index < -0.39 is 4.92 Å². The van der Waals surface area contributed by atoms with E-state index in [2.05, 4.69) is 58.7 Å². The number of benzene rings is 2. The van der Waals surface area contributed by atoms with Gasteiger partial charge in [-0.3, -0.25) is 15.5 Å². The maximum Gasteiger partial charge on any atom is 0.293 e. The largest absolute Gasteiger partial charge is 0.378 e. The molecule has 1 aliphatic heterocycles. The fourth-order valence-electron chi connectivity index (χ4n) is 3.48. The van der Waals surface area contributed by atoms with E-state index >= 15 is 0 Å². The van der Waals surface area contributed by atoms with Gasteiger partial charge in [-0.2, -0.15) is 10.1 Å². The van der Waals surface area contributed by atoms with Gasteiger partial charge in [0.05, 0.1) is 24.4 Å². The molecule has 3 heterocycles. The normalized spacial score (nSPS) is 13.9. The zero-order valence-electron chi connectivity index (χ0n) is 18.1. The van der Waals surface area contributed by atoms with E-state index in [1.54, 1.807) is 12.1 Å². The molecule has 2 aromatic carbocycles. The van der Waals surface area contributed by atoms with Gasteiger partial charge < -0.3 is 15.0 Å². The Morgan fingerprint density at radius 1 is 1.06 bits per heavy atom. The number of aromatic nitrogens is 4. The summed E-state index contributed by atoms with van der Waals surface area (Å²) in [5.41, 5.74) is 5.17. The van der Waals surface area contributed by atoms with Crippen molar-refractivity contribution in [1.82, 2.24) is 20.3 Å². The molecule has 0 atom stereocenters. The standard InChI is InChI=1S/C21H18IN9O4/c22-14-2-4-15(5-3-14)24-18-19(26-21-20(25-18)28-35-29-21)27-23-12-13-1-6-16(17(11-13)31(32)33)30-7-9-34-10-8-30/h1-6,11-12H,7-10H2,(H,24,25,28)(H,26,27,29)/b23-12-. The highest BCUT2D eigenvalue weighted by atomic mass is 127. The van der Waals surface area contributed by atoms with Crippen LogP contribution in [0, 0.1) is 13.7 Å². The summed E-state index contributed by atoms with van der Waals surface area (Å²) in [6.45, 7) is 2.28. The first-order valence-corrected chi connectivity index (χ1v) is 11.6. The van der Waals surface area contributed by atoms with E-state index in [-0.39, 0.29) is 22.8 Å². The molecule has 0 spiro atoms. The zero-order chi connectivity index (χ0) is 24.2. The van der Waals surface area contributed by atoms with Crippen LogP contribution in [0.15, 0.2) is 52.2 Å². The number of ether oxygens (including phenoxy) is 1. The highest BCUT2D eigenvalue weighted by Gasteiger charge is 2.21. The number of halogens is 1. The molecule has 0 aliphatic carbocycles. The highest BCUT2D eigenvalue weighted by molar-refractivity contribution is 14.1. The minimum atomic E-state index is -0.393. The van der Waals surface area contributed by atoms with Crippen LogP contribution >= 0.6 is 22.6 Å². The lowest BCUT2D eigenvalue weighted by Crippen LogP contribution is -2.36. The molecule has 2 aromatic heterocycles. The number of nitro groups is 1. The lowest BCUT2D eigenvalue weighted by atomic mass is 10.1. The highest BCUT2D eigenvalue weighted by Crippen LogP contribution is 2.30. The summed E-state index contributed by atoms with van der Waals surface area (Å²) in [6, 6.07) is 12.7. The number of anilines is 4. The maximum atomic E-state index is 11.7. The van der Waals surface area contributed by atoms with Crippen LogP contribution < -0.4 is 15.6 Å². The van der Waals surface area contributed by atoms with Gasteiger partial charge in [0.1, 0.15) is 5.69 Å². The molecule has 0 radical (unpaired) electrons. The van der Waals surface area contributed by atoms with Crippen molar-refractivity contribution < 1.29 is 14.3 Å². The molecule has 178 valence electrons. The van der Waals surface area contributed by atoms with Crippen LogP contribution in [-0.2, 0) is 4.74 Å². The Kier molecular flexibility index (Phi) is 6.62. The summed E-state index contributed by atoms with van der Waals surface area (Å²) in [5, 5.41) is 26.5. The predicted molar refractivity (Wildman–Crippen MR) is 137 cm³/mol. The lowest BCUT2D eigenvalue weighted by Gasteiger charge is -2.28. The topological polar surface area (TPSA) is 157 Å². The molecule has 2 N–H and O–H groups in total. The molecule has 5 rings (SSSR count). The SMILES string of the molecule is O=[N+]([O-])c1cc(/C=N\Nc2nc3nonc3nc2Nc2ccc(I)cc2)ccc1N1CCOCC1. The predicted octanol–water partition coefficient (Wildman–Crippen LogP) is 3.55. The van der Waals surface area contributed by atoms with E-state index in [0.29, 0.717) is 43.4 Å². The number of hydrazone groups is 1. The zero-order valence-corrected chi connectivity index (χ0v) is 20.2. The summed E-state index contributed by atoms with van der Waals surface area (Å²) in [7, 11) is 0. The molecule has 0 bridgehead atoms. The Morgan fingerprint density at radius 2 is 1.77 bits per heavy atom. The number of hydrogen-bond donors (Lipinski definition) is 2. The second-order valence-corrected chi connectivity index (χ2v) is 8.68. The number of hydrogen-bond acceptors (Lipinski definition) is 12. The third-order valence-electron chi connectivity index (χ3n) is 5.15. The van der Waals surface area contributed by atoms with E-state index in [1.165, 1.54) is 12.3 Å². The summed E-state index contributed by atoms with van der Waals surface area (Å²) >= 11 is 2.22. The molecule has 0 unspecified atom stereocenters. The molecule has 1 fully saturated rings. The van der Waals surface area contributed by atoms with Crippen LogP contribution in [0.25, 0.3) is 11.3 Å². The molecule has 35 heavy (non-hydrogen) atoms. The smallest absolute Gasteiger partial charge is 0.293 e. The quantitative estimate of drug-likeness (QED) is 0.141. The molecule has 1 saturated heterocycles. The van der Waals surface area contributed by atoms with Crippen molar-refractivity contribution in [3.8, 4) is 0 Å². The molecule has 1 aliphatic rings. The summed E-state index contributed by atoms with van der Waals surface area (Å²) < 4.78 is 11.1. The van der Waals surface area contributed by atoms with Crippen molar-refractivity contribution in [3.05, 3.63) is 61.7 Å². The van der Waals surface area contributed by atoms with E-state index in [0.717, 1.165) is 9.26 Å². The average molecular weight is 587 g/mol. The first kappa shape index (κ1) is 22.9. The summed E-state index contributed by atoms with van der Waals surface area (Å²) in [5.74, 6) is 0.641. The third-order valence-corrected chi connectivity index (χ3v) is 5.87. The lowest BCUT2D eigenvalue weighted by molar-refractivity contribution is -0.384. The second-order valence-electron chi connectivity index (χ2n) is 7.44. The maximum absolute atomic E-state index is 11.7. The van der Waals surface area contributed by atoms with Gasteiger partial charge >= 0.3 is 0 Å². The van der Waals surface area contributed by atoms with Gasteiger partial charge in [0.15, 0.2) is 11.6 Å². The molecule has 4 aromatic rings. The Balaban J connectivity index is 1.39. The average Bonchev–Trinajstić information content (AvgIpc) is 3.33. The molecule has 13 nitrogen and oxygen atoms in total. The molecule has 0 amide bonds. The van der Waals surface area contributed by atoms with Crippen LogP contribution in [0.4, 0.5) is 28.7 Å². The van der Waals surface area contributed by atoms with Crippen molar-refractivity contribution in [2.75, 3.05) is 41.9 Å². The van der Waals surface area contributed by atoms with Crippen LogP contribution in [0.2, 0.25) is 0 Å². The van der Waals surface area contributed by atoms with E-state index in [4.69, 9.17) is 9.37 Å². The van der Waals surface area contributed by atoms with Crippen LogP contribution in [-0.4, -0.2) is 57.7 Å². The van der Waals surface area contributed by atoms with Crippen molar-refractivity contribution >= 4 is 68.8 Å². The Bertz CT molecular complexity index is 1390. The van der Waals surface area contributed by atoms with Gasteiger partial charge in [-0.05, 0) is 63.2 Å². The van der Waals surface area contributed by atoms with Crippen molar-refractivity contribution in [3.63, 3.8) is 0 Å². The van der Waals surface area contributed by atoms with Gasteiger partial charge in [-0.15, -0.1) is 0 Å². The number of nitrogens with zero attached hydrogens (tertiary/aromatic N) is 7. The van der Waals surface area contributed by atoms with E-state index in [9.17, 15) is 10.1 Å². The minimum absolute atomic E-state index is 0.00629. The Morgan fingerprint density at radius 3 is 2.49 bits per heavy atom. The number of nitrogens with one attached hydrogen (secondary N) is 2. The molecular formula is C21H18IN9O4. The first-order valence-electron chi connectivity index (χ1n) is 10.5. The summed E-state index contributed by atoms with van der Waals surface area (Å²) in [6.07, 6.45) is 1.47. The Labute approximate surface area is 211 Å². The van der Waals surface area contributed by atoms with Gasteiger partial charge in [-0.25, -0.2) is 9.61 Å². The fourth-order valence-corrected chi connectivity index (χ4v) is 3.84. The van der Waals surface area contributed by atoms with Crippen LogP contribution in [0.1, 0.15) is 5.56 Å². The third kappa shape index (κ3) is 5.27. The second kappa shape index (κ2) is 10.1. The first-order chi connectivity index (χ1) is 17.1. The summed E-state index contributed by atoms with van der Waals surface area (Å²) in [4.78, 5) is 22.0. The van der Waals surface area contributed by atoms with Crippen LogP contribution in [0.3, 0.4) is 0 Å². The van der Waals surface area contributed by atoms with Gasteiger partial charge in [0, 0.05) is 34.0 Å². The molecule has 14 heteroatoms. The number of nitro benzene ring substituents is 1. The Hall–Kier alpha value is -3.92. The van der Waals surface area contributed by atoms with Crippen LogP contribution in [0.5, 0.6) is 0 Å². The minimum Gasteiger partial charge on any atom is -0.378 e. The monoisotopic (exact) mass is 587 g/mol. The molecular weight excluding hydrogens is 569 g/mol. The molecule has 0 saturated carbocycles. The fraction of sp³-hybridized carbons (Fsp3) is 0.190. The number of morpholine rings is 1.